The molecule has 0 fully saturated rings. The molecule has 158 valence electrons. The Hall–Kier alpha value is -3.17. The van der Waals surface area contributed by atoms with Gasteiger partial charge in [0.05, 0.1) is 6.04 Å². The Kier molecular flexibility index (Phi) is 6.96. The first-order valence-electron chi connectivity index (χ1n) is 11.0. The number of ether oxygens (including phenoxy) is 1. The predicted octanol–water partition coefficient (Wildman–Crippen LogP) is 5.93. The third kappa shape index (κ3) is 5.50. The topological polar surface area (TPSA) is 29.5 Å². The van der Waals surface area contributed by atoms with Gasteiger partial charge in [-0.3, -0.25) is 9.69 Å². The van der Waals surface area contributed by atoms with Crippen molar-refractivity contribution in [3.63, 3.8) is 0 Å². The van der Waals surface area contributed by atoms with Crippen molar-refractivity contribution in [1.82, 2.24) is 4.90 Å². The van der Waals surface area contributed by atoms with E-state index >= 15 is 0 Å². The highest BCUT2D eigenvalue weighted by molar-refractivity contribution is 5.66. The molecule has 0 saturated carbocycles. The lowest BCUT2D eigenvalue weighted by atomic mass is 9.91. The van der Waals surface area contributed by atoms with E-state index < -0.39 is 0 Å². The number of nitrogens with zero attached hydrogens (tertiary/aromatic N) is 1. The lowest BCUT2D eigenvalue weighted by Crippen LogP contribution is -2.39. The van der Waals surface area contributed by atoms with Crippen LogP contribution in [0.2, 0.25) is 0 Å². The Balaban J connectivity index is 1.72. The zero-order valence-electron chi connectivity index (χ0n) is 17.9. The van der Waals surface area contributed by atoms with Gasteiger partial charge in [0.25, 0.3) is 0 Å². The predicted molar refractivity (Wildman–Crippen MR) is 124 cm³/mol. The molecule has 0 amide bonds. The van der Waals surface area contributed by atoms with E-state index in [9.17, 15) is 4.79 Å². The highest BCUT2D eigenvalue weighted by Gasteiger charge is 2.30. The third-order valence-electron chi connectivity index (χ3n) is 5.81. The van der Waals surface area contributed by atoms with Crippen LogP contribution in [0.4, 0.5) is 0 Å². The van der Waals surface area contributed by atoms with Crippen LogP contribution in [0.1, 0.15) is 42.5 Å². The number of hydrogen-bond donors (Lipinski definition) is 0. The summed E-state index contributed by atoms with van der Waals surface area (Å²) in [7, 11) is 0. The minimum Gasteiger partial charge on any atom is -0.458 e. The van der Waals surface area contributed by atoms with Crippen LogP contribution < -0.4 is 0 Å². The first-order valence-corrected chi connectivity index (χ1v) is 11.0. The zero-order valence-corrected chi connectivity index (χ0v) is 17.9. The Bertz CT molecular complexity index is 946. The van der Waals surface area contributed by atoms with E-state index in [0.717, 1.165) is 19.4 Å². The summed E-state index contributed by atoms with van der Waals surface area (Å²) in [5.41, 5.74) is 3.84. The summed E-state index contributed by atoms with van der Waals surface area (Å²) in [6.07, 6.45) is 5.93. The molecule has 0 aliphatic heterocycles. The fourth-order valence-electron chi connectivity index (χ4n) is 4.41. The second-order valence-electron chi connectivity index (χ2n) is 8.06. The maximum absolute atomic E-state index is 11.4. The second-order valence-corrected chi connectivity index (χ2v) is 8.06. The van der Waals surface area contributed by atoms with Crippen molar-refractivity contribution >= 4 is 5.97 Å². The monoisotopic (exact) mass is 411 g/mol. The van der Waals surface area contributed by atoms with Gasteiger partial charge in [-0.15, -0.1) is 0 Å². The average molecular weight is 412 g/mol. The normalized spacial score (nSPS) is 18.3. The molecule has 0 N–H and O–H groups in total. The molecule has 3 nitrogen and oxygen atoms in total. The van der Waals surface area contributed by atoms with Gasteiger partial charge >= 0.3 is 5.97 Å². The van der Waals surface area contributed by atoms with Crippen LogP contribution in [0.15, 0.2) is 103 Å². The van der Waals surface area contributed by atoms with E-state index in [1.165, 1.54) is 23.6 Å². The molecule has 1 aliphatic rings. The van der Waals surface area contributed by atoms with Crippen molar-refractivity contribution in [3.8, 4) is 0 Å². The number of esters is 1. The number of benzene rings is 3. The third-order valence-corrected chi connectivity index (χ3v) is 5.81. The fraction of sp³-hybridized carbons (Fsp3) is 0.250. The summed E-state index contributed by atoms with van der Waals surface area (Å²) < 4.78 is 5.42. The summed E-state index contributed by atoms with van der Waals surface area (Å²) in [6.45, 7) is 2.31. The van der Waals surface area contributed by atoms with Crippen LogP contribution in [0.5, 0.6) is 0 Å². The highest BCUT2D eigenvalue weighted by atomic mass is 16.5. The van der Waals surface area contributed by atoms with Gasteiger partial charge in [0.1, 0.15) is 6.10 Å². The van der Waals surface area contributed by atoms with Gasteiger partial charge in [-0.25, -0.2) is 0 Å². The lowest BCUT2D eigenvalue weighted by molar-refractivity contribution is -0.144. The smallest absolute Gasteiger partial charge is 0.303 e. The molecule has 0 heterocycles. The molecule has 3 heteroatoms. The summed E-state index contributed by atoms with van der Waals surface area (Å²) in [5.74, 6) is -0.222. The quantitative estimate of drug-likeness (QED) is 0.357. The van der Waals surface area contributed by atoms with Crippen LogP contribution in [0.25, 0.3) is 0 Å². The summed E-state index contributed by atoms with van der Waals surface area (Å²) in [5, 5.41) is 0. The van der Waals surface area contributed by atoms with Gasteiger partial charge in [-0.05, 0) is 35.6 Å². The number of hydrogen-bond acceptors (Lipinski definition) is 3. The Morgan fingerprint density at radius 1 is 0.839 bits per heavy atom. The second kappa shape index (κ2) is 10.2. The van der Waals surface area contributed by atoms with Crippen molar-refractivity contribution in [2.45, 2.75) is 44.5 Å². The highest BCUT2D eigenvalue weighted by Crippen LogP contribution is 2.34. The SMILES string of the molecule is CC(=O)O[C@@H]1C=C[C@H](N(Cc2ccccc2)C(c2ccccc2)c2ccccc2)CC1. The van der Waals surface area contributed by atoms with Crippen molar-refractivity contribution in [3.05, 3.63) is 120 Å². The number of carbonyl (C=O) groups excluding carboxylic acids is 1. The van der Waals surface area contributed by atoms with Gasteiger partial charge in [0.2, 0.25) is 0 Å². The van der Waals surface area contributed by atoms with Gasteiger partial charge in [-0.2, -0.15) is 0 Å². The van der Waals surface area contributed by atoms with E-state index in [1.807, 2.05) is 0 Å². The Labute approximate surface area is 185 Å². The summed E-state index contributed by atoms with van der Waals surface area (Å²) in [6, 6.07) is 32.4. The first kappa shape index (κ1) is 21.1. The van der Waals surface area contributed by atoms with E-state index in [0.29, 0.717) is 0 Å². The average Bonchev–Trinajstić information content (AvgIpc) is 2.81. The molecule has 3 aromatic carbocycles. The zero-order chi connectivity index (χ0) is 21.5. The molecule has 1 aliphatic carbocycles. The molecular formula is C28H29NO2. The standard InChI is InChI=1S/C28H29NO2/c1-22(30)31-27-19-17-26(18-20-27)29(21-23-11-5-2-6-12-23)28(24-13-7-3-8-14-24)25-15-9-4-10-16-25/h2-17,19,26-28H,18,20-21H2,1H3/t26-,27+/m0/s1. The van der Waals surface area contributed by atoms with E-state index in [-0.39, 0.29) is 24.2 Å². The van der Waals surface area contributed by atoms with Gasteiger partial charge < -0.3 is 4.74 Å². The molecule has 0 unspecified atom stereocenters. The van der Waals surface area contributed by atoms with Crippen molar-refractivity contribution in [2.24, 2.45) is 0 Å². The molecule has 0 spiro atoms. The number of carbonyl (C=O) groups is 1. The van der Waals surface area contributed by atoms with Gasteiger partial charge in [0, 0.05) is 19.5 Å². The minimum absolute atomic E-state index is 0.126. The van der Waals surface area contributed by atoms with E-state index in [4.69, 9.17) is 4.74 Å². The largest absolute Gasteiger partial charge is 0.458 e. The molecule has 0 radical (unpaired) electrons. The first-order chi connectivity index (χ1) is 15.2. The van der Waals surface area contributed by atoms with E-state index in [1.54, 1.807) is 0 Å². The molecule has 0 aromatic heterocycles. The minimum atomic E-state index is -0.222. The maximum Gasteiger partial charge on any atom is 0.303 e. The molecule has 3 aromatic rings. The van der Waals surface area contributed by atoms with Crippen LogP contribution in [-0.4, -0.2) is 23.0 Å². The van der Waals surface area contributed by atoms with Gasteiger partial charge in [-0.1, -0.05) is 97.1 Å². The van der Waals surface area contributed by atoms with Gasteiger partial charge in [0.15, 0.2) is 0 Å². The van der Waals surface area contributed by atoms with Crippen molar-refractivity contribution in [1.29, 1.82) is 0 Å². The lowest BCUT2D eigenvalue weighted by Gasteiger charge is -2.39. The summed E-state index contributed by atoms with van der Waals surface area (Å²) in [4.78, 5) is 14.0. The Morgan fingerprint density at radius 3 is 1.87 bits per heavy atom. The summed E-state index contributed by atoms with van der Waals surface area (Å²) >= 11 is 0. The molecular weight excluding hydrogens is 382 g/mol. The molecule has 0 bridgehead atoms. The molecule has 31 heavy (non-hydrogen) atoms. The van der Waals surface area contributed by atoms with Crippen molar-refractivity contribution in [2.75, 3.05) is 0 Å². The fourth-order valence-corrected chi connectivity index (χ4v) is 4.41. The molecule has 4 rings (SSSR count). The van der Waals surface area contributed by atoms with Crippen molar-refractivity contribution < 1.29 is 9.53 Å². The van der Waals surface area contributed by atoms with Crippen LogP contribution in [0, 0.1) is 0 Å². The van der Waals surface area contributed by atoms with Crippen LogP contribution in [-0.2, 0) is 16.1 Å². The Morgan fingerprint density at radius 2 is 1.39 bits per heavy atom. The molecule has 0 saturated heterocycles. The molecule has 2 atom stereocenters. The number of rotatable bonds is 7. The maximum atomic E-state index is 11.4. The van der Waals surface area contributed by atoms with E-state index in [2.05, 4.69) is 108 Å². The van der Waals surface area contributed by atoms with Crippen LogP contribution in [0.3, 0.4) is 0 Å². The van der Waals surface area contributed by atoms with Crippen LogP contribution >= 0.6 is 0 Å².